The predicted octanol–water partition coefficient (Wildman–Crippen LogP) is 6.52. The second-order valence-corrected chi connectivity index (χ2v) is 8.46. The molecule has 0 radical (unpaired) electrons. The molecule has 2 aromatic heterocycles. The fourth-order valence-electron chi connectivity index (χ4n) is 3.15. The SMILES string of the molecule is CC1CCc2c(sc3ncnc(Nc4c(Cl)cc(Cl)cc4Cl)c23)C1. The number of rotatable bonds is 2. The lowest BCUT2D eigenvalue weighted by Gasteiger charge is -2.18. The van der Waals surface area contributed by atoms with E-state index in [1.54, 1.807) is 29.8 Å². The second-order valence-electron chi connectivity index (χ2n) is 6.12. The van der Waals surface area contributed by atoms with Crippen molar-refractivity contribution < 1.29 is 0 Å². The topological polar surface area (TPSA) is 37.8 Å². The number of benzene rings is 1. The van der Waals surface area contributed by atoms with Crippen molar-refractivity contribution >= 4 is 67.9 Å². The first-order chi connectivity index (χ1) is 11.5. The van der Waals surface area contributed by atoms with Crippen molar-refractivity contribution in [2.24, 2.45) is 5.92 Å². The first kappa shape index (κ1) is 16.4. The van der Waals surface area contributed by atoms with E-state index in [1.807, 2.05) is 0 Å². The van der Waals surface area contributed by atoms with E-state index in [9.17, 15) is 0 Å². The Balaban J connectivity index is 1.83. The van der Waals surface area contributed by atoms with E-state index >= 15 is 0 Å². The normalized spacial score (nSPS) is 17.1. The van der Waals surface area contributed by atoms with Crippen molar-refractivity contribution in [2.75, 3.05) is 5.32 Å². The highest BCUT2D eigenvalue weighted by Gasteiger charge is 2.23. The Morgan fingerprint density at radius 2 is 1.92 bits per heavy atom. The van der Waals surface area contributed by atoms with Gasteiger partial charge in [0.05, 0.1) is 21.1 Å². The fourth-order valence-corrected chi connectivity index (χ4v) is 5.41. The third-order valence-corrected chi connectivity index (χ3v) is 6.32. The molecule has 3 nitrogen and oxygen atoms in total. The predicted molar refractivity (Wildman–Crippen MR) is 103 cm³/mol. The third-order valence-electron chi connectivity index (χ3n) is 4.34. The molecule has 0 fully saturated rings. The summed E-state index contributed by atoms with van der Waals surface area (Å²) in [5.74, 6) is 1.47. The van der Waals surface area contributed by atoms with Gasteiger partial charge in [-0.15, -0.1) is 11.3 Å². The number of aryl methyl sites for hydroxylation is 1. The highest BCUT2D eigenvalue weighted by atomic mass is 35.5. The summed E-state index contributed by atoms with van der Waals surface area (Å²) in [6.07, 6.45) is 4.93. The first-order valence-electron chi connectivity index (χ1n) is 7.69. The molecule has 124 valence electrons. The van der Waals surface area contributed by atoms with Crippen LogP contribution in [0.3, 0.4) is 0 Å². The van der Waals surface area contributed by atoms with Crippen molar-refractivity contribution in [1.29, 1.82) is 0 Å². The van der Waals surface area contributed by atoms with Crippen molar-refractivity contribution in [3.8, 4) is 0 Å². The van der Waals surface area contributed by atoms with Crippen LogP contribution in [0.2, 0.25) is 15.1 Å². The van der Waals surface area contributed by atoms with Crippen LogP contribution >= 0.6 is 46.1 Å². The third kappa shape index (κ3) is 2.86. The largest absolute Gasteiger partial charge is 0.337 e. The number of aromatic nitrogens is 2. The van der Waals surface area contributed by atoms with E-state index in [0.29, 0.717) is 20.8 Å². The monoisotopic (exact) mass is 397 g/mol. The van der Waals surface area contributed by atoms with Crippen LogP contribution in [0.25, 0.3) is 10.2 Å². The number of fused-ring (bicyclic) bond motifs is 3. The number of halogens is 3. The highest BCUT2D eigenvalue weighted by molar-refractivity contribution is 7.19. The maximum Gasteiger partial charge on any atom is 0.142 e. The van der Waals surface area contributed by atoms with E-state index in [0.717, 1.165) is 34.8 Å². The Hall–Kier alpha value is -1.07. The molecule has 24 heavy (non-hydrogen) atoms. The lowest BCUT2D eigenvalue weighted by atomic mass is 9.89. The number of nitrogens with zero attached hydrogens (tertiary/aromatic N) is 2. The molecule has 0 amide bonds. The minimum absolute atomic E-state index is 0.469. The van der Waals surface area contributed by atoms with Crippen molar-refractivity contribution in [2.45, 2.75) is 26.2 Å². The maximum absolute atomic E-state index is 6.30. The van der Waals surface area contributed by atoms with Gasteiger partial charge in [0.15, 0.2) is 0 Å². The zero-order valence-electron chi connectivity index (χ0n) is 12.9. The molecule has 3 aromatic rings. The summed E-state index contributed by atoms with van der Waals surface area (Å²) < 4.78 is 0. The molecule has 7 heteroatoms. The molecular weight excluding hydrogens is 385 g/mol. The Bertz CT molecular complexity index is 915. The summed E-state index contributed by atoms with van der Waals surface area (Å²) in [7, 11) is 0. The molecule has 4 rings (SSSR count). The molecule has 1 unspecified atom stereocenters. The molecule has 0 aliphatic heterocycles. The summed E-state index contributed by atoms with van der Waals surface area (Å²) in [4.78, 5) is 11.3. The summed E-state index contributed by atoms with van der Waals surface area (Å²) >= 11 is 20.4. The molecule has 0 saturated carbocycles. The standard InChI is InChI=1S/C17H14Cl3N3S/c1-8-2-3-10-13(4-8)24-17-14(10)16(21-7-22-17)23-15-11(19)5-9(18)6-12(15)20/h5-8H,2-4H2,1H3,(H,21,22,23). The summed E-state index contributed by atoms with van der Waals surface area (Å²) in [5, 5.41) is 5.82. The van der Waals surface area contributed by atoms with Gasteiger partial charge in [-0.05, 0) is 42.9 Å². The Labute approximate surface area is 159 Å². The van der Waals surface area contributed by atoms with E-state index in [4.69, 9.17) is 34.8 Å². The highest BCUT2D eigenvalue weighted by Crippen LogP contribution is 2.42. The van der Waals surface area contributed by atoms with Crippen LogP contribution in [0, 0.1) is 5.92 Å². The number of nitrogens with one attached hydrogen (secondary N) is 1. The number of hydrogen-bond donors (Lipinski definition) is 1. The molecular formula is C17H14Cl3N3S. The minimum atomic E-state index is 0.469. The Morgan fingerprint density at radius 1 is 1.17 bits per heavy atom. The van der Waals surface area contributed by atoms with Crippen LogP contribution in [-0.2, 0) is 12.8 Å². The molecule has 1 N–H and O–H groups in total. The van der Waals surface area contributed by atoms with Gasteiger partial charge in [0, 0.05) is 9.90 Å². The molecule has 1 aliphatic carbocycles. The first-order valence-corrected chi connectivity index (χ1v) is 9.64. The van der Waals surface area contributed by atoms with Gasteiger partial charge < -0.3 is 5.32 Å². The van der Waals surface area contributed by atoms with Gasteiger partial charge in [-0.25, -0.2) is 9.97 Å². The zero-order valence-corrected chi connectivity index (χ0v) is 16.0. The van der Waals surface area contributed by atoms with Crippen LogP contribution < -0.4 is 5.32 Å². The second kappa shape index (κ2) is 6.34. The maximum atomic E-state index is 6.30. The van der Waals surface area contributed by atoms with Crippen LogP contribution in [0.4, 0.5) is 11.5 Å². The average Bonchev–Trinajstić information content (AvgIpc) is 2.88. The summed E-state index contributed by atoms with van der Waals surface area (Å²) in [5.41, 5.74) is 1.98. The van der Waals surface area contributed by atoms with Crippen LogP contribution in [0.5, 0.6) is 0 Å². The van der Waals surface area contributed by atoms with Gasteiger partial charge >= 0.3 is 0 Å². The molecule has 1 aromatic carbocycles. The zero-order chi connectivity index (χ0) is 16.8. The van der Waals surface area contributed by atoms with E-state index in [1.165, 1.54) is 16.9 Å². The van der Waals surface area contributed by atoms with Gasteiger partial charge in [-0.3, -0.25) is 0 Å². The number of thiophene rings is 1. The summed E-state index contributed by atoms with van der Waals surface area (Å²) in [6, 6.07) is 3.33. The van der Waals surface area contributed by atoms with Gasteiger partial charge in [-0.1, -0.05) is 41.7 Å². The molecule has 0 bridgehead atoms. The number of hydrogen-bond acceptors (Lipinski definition) is 4. The van der Waals surface area contributed by atoms with Gasteiger partial charge in [0.1, 0.15) is 17.0 Å². The van der Waals surface area contributed by atoms with Gasteiger partial charge in [0.25, 0.3) is 0 Å². The molecule has 1 atom stereocenters. The van der Waals surface area contributed by atoms with Crippen LogP contribution in [0.15, 0.2) is 18.5 Å². The molecule has 0 spiro atoms. The summed E-state index contributed by atoms with van der Waals surface area (Å²) in [6.45, 7) is 2.30. The molecule has 1 aliphatic rings. The van der Waals surface area contributed by atoms with E-state index in [-0.39, 0.29) is 0 Å². The number of anilines is 2. The van der Waals surface area contributed by atoms with Crippen molar-refractivity contribution in [3.05, 3.63) is 44.0 Å². The minimum Gasteiger partial charge on any atom is -0.337 e. The molecule has 2 heterocycles. The van der Waals surface area contributed by atoms with Gasteiger partial charge in [-0.2, -0.15) is 0 Å². The lowest BCUT2D eigenvalue weighted by Crippen LogP contribution is -2.09. The van der Waals surface area contributed by atoms with Crippen molar-refractivity contribution in [3.63, 3.8) is 0 Å². The van der Waals surface area contributed by atoms with Crippen molar-refractivity contribution in [1.82, 2.24) is 9.97 Å². The van der Waals surface area contributed by atoms with E-state index < -0.39 is 0 Å². The van der Waals surface area contributed by atoms with Gasteiger partial charge in [0.2, 0.25) is 0 Å². The van der Waals surface area contributed by atoms with Crippen LogP contribution in [-0.4, -0.2) is 9.97 Å². The average molecular weight is 399 g/mol. The fraction of sp³-hybridized carbons (Fsp3) is 0.294. The van der Waals surface area contributed by atoms with E-state index in [2.05, 4.69) is 22.2 Å². The Kier molecular flexibility index (Phi) is 4.33. The smallest absolute Gasteiger partial charge is 0.142 e. The van der Waals surface area contributed by atoms with Crippen LogP contribution in [0.1, 0.15) is 23.8 Å². The molecule has 0 saturated heterocycles. The lowest BCUT2D eigenvalue weighted by molar-refractivity contribution is 0.509. The quantitative estimate of drug-likeness (QED) is 0.534. The Morgan fingerprint density at radius 3 is 2.67 bits per heavy atom.